The van der Waals surface area contributed by atoms with E-state index in [2.05, 4.69) is 36.3 Å². The highest BCUT2D eigenvalue weighted by Gasteiger charge is 2.37. The number of carboxylic acids is 1. The molecule has 0 spiro atoms. The Morgan fingerprint density at radius 3 is 1.42 bits per heavy atom. The number of carboxylic acid groups (broad SMARTS) is 1. The Bertz CT molecular complexity index is 3450. The SMILES string of the molecule is C.C.Cc1ccc(NS(C)(=O)=O)c(C(=O)N2CCCC[C@H]2c2cc3nc(C)c(C)c(C4CC4)n3n2)c1.Cc1ccc(NS(C)(=O)=O)c(C(=O)O)c1.Cc1nc2cc([C@@H]3CCCCN3C(=O)OC(C)(C)C)nn2c(C2CC2)c1C. The third-order valence-electron chi connectivity index (χ3n) is 14.2. The number of aryl methyl sites for hydroxylation is 4. The van der Waals surface area contributed by atoms with Gasteiger partial charge in [-0.1, -0.05) is 38.1 Å². The van der Waals surface area contributed by atoms with Crippen LogP contribution in [-0.2, 0) is 24.8 Å². The third kappa shape index (κ3) is 14.3. The number of ether oxygens (including phenoxy) is 1. The van der Waals surface area contributed by atoms with Crippen LogP contribution in [0.5, 0.6) is 0 Å². The van der Waals surface area contributed by atoms with Gasteiger partial charge in [-0.15, -0.1) is 0 Å². The maximum absolute atomic E-state index is 13.8. The largest absolute Gasteiger partial charge is 0.478 e. The Balaban J connectivity index is 0.000000200. The van der Waals surface area contributed by atoms with Crippen LogP contribution < -0.4 is 9.44 Å². The van der Waals surface area contributed by atoms with E-state index >= 15 is 0 Å². The van der Waals surface area contributed by atoms with E-state index in [-0.39, 0.29) is 50.2 Å². The molecule has 0 radical (unpaired) electrons. The molecule has 6 aromatic rings. The summed E-state index contributed by atoms with van der Waals surface area (Å²) < 4.78 is 60.1. The standard InChI is InChI=1S/C25H31N5O3S.C21H30N4O2.C9H11NO4S.2CH4/c1-15-8-11-20(28-34(4,32)33)19(13-15)25(31)29-12-6-5-7-22(29)21-14-23-26-17(3)16(2)24(18-9-10-18)30(23)27-21;1-13-14(2)22-18-12-16(23-25(18)19(13)15-9-10-15)17-8-6-7-11-24(17)20(26)27-21(3,4)5;1-6-3-4-8(10-15(2,13)14)7(5-6)9(11)12;;/h8,11,13-14,18,22,28H,5-7,9-10,12H2,1-4H3;12,15,17H,6-11H2,1-5H3;3-5,10H,1-2H3,(H,11,12);2*1H4/t22-;17-;;;/m00.../s1. The number of rotatable bonds is 10. The zero-order chi connectivity index (χ0) is 55.2. The molecule has 19 nitrogen and oxygen atoms in total. The zero-order valence-electron chi connectivity index (χ0n) is 45.5. The molecule has 4 aliphatic rings. The number of nitrogens with zero attached hydrogens (tertiary/aromatic N) is 8. The Labute approximate surface area is 460 Å². The Morgan fingerprint density at radius 1 is 0.603 bits per heavy atom. The van der Waals surface area contributed by atoms with Crippen molar-refractivity contribution in [3.05, 3.63) is 116 Å². The van der Waals surface area contributed by atoms with E-state index in [1.54, 1.807) is 31.2 Å². The van der Waals surface area contributed by atoms with Crippen molar-refractivity contribution in [1.29, 1.82) is 0 Å². The van der Waals surface area contributed by atoms with Crippen molar-refractivity contribution < 1.29 is 41.1 Å². The van der Waals surface area contributed by atoms with Crippen LogP contribution in [0.25, 0.3) is 11.3 Å². The molecule has 2 aromatic carbocycles. The average molecular weight is 1110 g/mol. The van der Waals surface area contributed by atoms with Crippen LogP contribution in [0.1, 0.15) is 201 Å². The number of nitrogens with one attached hydrogen (secondary N) is 2. The zero-order valence-corrected chi connectivity index (χ0v) is 47.2. The summed E-state index contributed by atoms with van der Waals surface area (Å²) in [4.78, 5) is 50.6. The summed E-state index contributed by atoms with van der Waals surface area (Å²) in [5.74, 6) is -0.225. The maximum Gasteiger partial charge on any atom is 0.410 e. The summed E-state index contributed by atoms with van der Waals surface area (Å²) in [6.45, 7) is 19.0. The van der Waals surface area contributed by atoms with E-state index in [1.165, 1.54) is 60.3 Å². The smallest absolute Gasteiger partial charge is 0.410 e. The number of aromatic carboxylic acids is 1. The fourth-order valence-electron chi connectivity index (χ4n) is 10.2. The molecule has 78 heavy (non-hydrogen) atoms. The van der Waals surface area contributed by atoms with Gasteiger partial charge in [-0.05, 0) is 162 Å². The predicted octanol–water partition coefficient (Wildman–Crippen LogP) is 11.3. The van der Waals surface area contributed by atoms with Crippen LogP contribution in [0, 0.1) is 41.5 Å². The van der Waals surface area contributed by atoms with Gasteiger partial charge in [0.1, 0.15) is 5.60 Å². The van der Waals surface area contributed by atoms with E-state index in [0.717, 1.165) is 96.2 Å². The normalized spacial score (nSPS) is 17.6. The van der Waals surface area contributed by atoms with Gasteiger partial charge in [-0.25, -0.2) is 45.4 Å². The minimum absolute atomic E-state index is 0. The molecule has 4 aromatic heterocycles. The molecule has 21 heteroatoms. The molecule has 2 amide bonds. The molecule has 2 saturated carbocycles. The monoisotopic (exact) mass is 1110 g/mol. The number of aromatic nitrogens is 6. The van der Waals surface area contributed by atoms with Gasteiger partial charge in [0.25, 0.3) is 5.91 Å². The molecule has 3 N–H and O–H groups in total. The second kappa shape index (κ2) is 23.8. The highest BCUT2D eigenvalue weighted by atomic mass is 32.2. The second-order valence-corrected chi connectivity index (χ2v) is 25.5. The fraction of sp³-hybridized carbons (Fsp3) is 0.526. The molecule has 0 bridgehead atoms. The van der Waals surface area contributed by atoms with E-state index in [1.807, 2.05) is 59.5 Å². The lowest BCUT2D eigenvalue weighted by Crippen LogP contribution is -2.42. The lowest BCUT2D eigenvalue weighted by molar-refractivity contribution is 0.00893. The lowest BCUT2D eigenvalue weighted by Gasteiger charge is -2.35. The summed E-state index contributed by atoms with van der Waals surface area (Å²) in [7, 11) is -6.98. The van der Waals surface area contributed by atoms with Crippen LogP contribution in [0.2, 0.25) is 0 Å². The topological polar surface area (TPSA) is 240 Å². The van der Waals surface area contributed by atoms with Crippen LogP contribution in [-0.4, -0.2) is 110 Å². The number of sulfonamides is 2. The van der Waals surface area contributed by atoms with Gasteiger partial charge in [0.15, 0.2) is 11.3 Å². The first-order valence-corrected chi connectivity index (χ1v) is 29.9. The lowest BCUT2D eigenvalue weighted by atomic mass is 9.97. The Morgan fingerprint density at radius 2 is 1.01 bits per heavy atom. The number of carbonyl (C=O) groups excluding carboxylic acids is 2. The fourth-order valence-corrected chi connectivity index (χ4v) is 11.3. The van der Waals surface area contributed by atoms with Crippen molar-refractivity contribution in [2.45, 2.75) is 171 Å². The van der Waals surface area contributed by atoms with Crippen molar-refractivity contribution in [2.24, 2.45) is 0 Å². The molecular formula is C57H80N10O9S2. The summed E-state index contributed by atoms with van der Waals surface area (Å²) in [5.41, 5.74) is 12.4. The van der Waals surface area contributed by atoms with Crippen LogP contribution in [0.4, 0.5) is 16.2 Å². The first-order valence-electron chi connectivity index (χ1n) is 26.1. The second-order valence-electron chi connectivity index (χ2n) is 22.0. The van der Waals surface area contributed by atoms with E-state index in [4.69, 9.17) is 30.0 Å². The number of piperidine rings is 2. The molecule has 4 fully saturated rings. The molecule has 2 atom stereocenters. The van der Waals surface area contributed by atoms with Gasteiger partial charge in [0.05, 0.1) is 69.9 Å². The Hall–Kier alpha value is -6.61. The minimum Gasteiger partial charge on any atom is -0.478 e. The quantitative estimate of drug-likeness (QED) is 0.116. The van der Waals surface area contributed by atoms with Gasteiger partial charge < -0.3 is 14.7 Å². The van der Waals surface area contributed by atoms with Crippen LogP contribution in [0.3, 0.4) is 0 Å². The number of likely N-dealkylation sites (tertiary alicyclic amines) is 2. The van der Waals surface area contributed by atoms with E-state index in [9.17, 15) is 31.2 Å². The number of amides is 2. The van der Waals surface area contributed by atoms with Gasteiger partial charge in [0, 0.05) is 48.4 Å². The van der Waals surface area contributed by atoms with Gasteiger partial charge >= 0.3 is 12.1 Å². The molecular weight excluding hydrogens is 1030 g/mol. The van der Waals surface area contributed by atoms with Crippen molar-refractivity contribution in [1.82, 2.24) is 39.0 Å². The predicted molar refractivity (Wildman–Crippen MR) is 306 cm³/mol. The Kier molecular flexibility index (Phi) is 18.5. The van der Waals surface area contributed by atoms with Gasteiger partial charge in [-0.3, -0.25) is 19.1 Å². The first kappa shape index (κ1) is 60.6. The summed E-state index contributed by atoms with van der Waals surface area (Å²) in [5, 5.41) is 18.8. The van der Waals surface area contributed by atoms with Gasteiger partial charge in [0.2, 0.25) is 20.0 Å². The molecule has 0 unspecified atom stereocenters. The molecule has 2 aliphatic heterocycles. The minimum atomic E-state index is -3.52. The summed E-state index contributed by atoms with van der Waals surface area (Å²) in [6, 6.07) is 13.6. The van der Waals surface area contributed by atoms with Crippen molar-refractivity contribution in [3.8, 4) is 0 Å². The highest BCUT2D eigenvalue weighted by molar-refractivity contribution is 7.92. The average Bonchev–Trinajstić information content (AvgIpc) is 4.37. The first-order chi connectivity index (χ1) is 35.7. The summed E-state index contributed by atoms with van der Waals surface area (Å²) in [6.07, 6.45) is 12.4. The maximum atomic E-state index is 13.8. The number of anilines is 2. The number of carbonyl (C=O) groups is 3. The van der Waals surface area contributed by atoms with Crippen LogP contribution in [0.15, 0.2) is 48.5 Å². The van der Waals surface area contributed by atoms with E-state index < -0.39 is 31.6 Å². The number of hydrogen-bond acceptors (Lipinski definition) is 12. The number of hydrogen-bond donors (Lipinski definition) is 3. The molecule has 2 saturated heterocycles. The third-order valence-corrected chi connectivity index (χ3v) is 15.4. The highest BCUT2D eigenvalue weighted by Crippen LogP contribution is 2.44. The van der Waals surface area contributed by atoms with E-state index in [0.29, 0.717) is 36.2 Å². The molecule has 2 aliphatic carbocycles. The molecule has 424 valence electrons. The summed E-state index contributed by atoms with van der Waals surface area (Å²) >= 11 is 0. The van der Waals surface area contributed by atoms with Crippen molar-refractivity contribution in [2.75, 3.05) is 35.0 Å². The van der Waals surface area contributed by atoms with Crippen molar-refractivity contribution in [3.63, 3.8) is 0 Å². The number of benzene rings is 2. The molecule has 6 heterocycles. The number of fused-ring (bicyclic) bond motifs is 2. The van der Waals surface area contributed by atoms with Crippen molar-refractivity contribution >= 4 is 60.7 Å². The van der Waals surface area contributed by atoms with Gasteiger partial charge in [-0.2, -0.15) is 10.2 Å². The van der Waals surface area contributed by atoms with Crippen LogP contribution >= 0.6 is 0 Å². The molecule has 10 rings (SSSR count).